The number of benzene rings is 1. The zero-order valence-corrected chi connectivity index (χ0v) is 11.1. The maximum absolute atomic E-state index is 12.3. The fourth-order valence-electron chi connectivity index (χ4n) is 2.46. The van der Waals surface area contributed by atoms with Crippen molar-refractivity contribution in [2.45, 2.75) is 18.9 Å². The molecule has 2 heterocycles. The molecule has 0 aliphatic carbocycles. The standard InChI is InChI=1S/C13H10N2O4S/c16-6-1-2-7-8(5-6)13(19)15(12(7)18)9-3-4-10(20)14-11(9)17/h1-2,5,9,16H,3-4H2,(H,14,17,20). The van der Waals surface area contributed by atoms with Crippen molar-refractivity contribution < 1.29 is 19.5 Å². The van der Waals surface area contributed by atoms with E-state index in [-0.39, 0.29) is 16.9 Å². The maximum Gasteiger partial charge on any atom is 0.262 e. The van der Waals surface area contributed by atoms with Crippen LogP contribution in [0.15, 0.2) is 18.2 Å². The van der Waals surface area contributed by atoms with Crippen molar-refractivity contribution >= 4 is 34.9 Å². The minimum Gasteiger partial charge on any atom is -0.508 e. The summed E-state index contributed by atoms with van der Waals surface area (Å²) in [5.74, 6) is -1.62. The highest BCUT2D eigenvalue weighted by Crippen LogP contribution is 2.29. The van der Waals surface area contributed by atoms with E-state index < -0.39 is 23.8 Å². The van der Waals surface area contributed by atoms with Gasteiger partial charge in [-0.15, -0.1) is 0 Å². The topological polar surface area (TPSA) is 86.7 Å². The molecule has 1 unspecified atom stereocenters. The Kier molecular flexibility index (Phi) is 2.79. The van der Waals surface area contributed by atoms with Gasteiger partial charge in [-0.1, -0.05) is 12.2 Å². The maximum atomic E-state index is 12.3. The van der Waals surface area contributed by atoms with Gasteiger partial charge in [0.25, 0.3) is 11.8 Å². The molecule has 0 radical (unpaired) electrons. The van der Waals surface area contributed by atoms with Crippen LogP contribution in [0.1, 0.15) is 33.6 Å². The van der Waals surface area contributed by atoms with Crippen molar-refractivity contribution in [3.8, 4) is 5.75 Å². The molecule has 3 rings (SSSR count). The number of piperidine rings is 1. The average Bonchev–Trinajstić information content (AvgIpc) is 2.63. The Morgan fingerprint density at radius 2 is 1.90 bits per heavy atom. The van der Waals surface area contributed by atoms with Crippen LogP contribution in [0.5, 0.6) is 5.75 Å². The summed E-state index contributed by atoms with van der Waals surface area (Å²) >= 11 is 4.90. The van der Waals surface area contributed by atoms with Gasteiger partial charge in [0.15, 0.2) is 0 Å². The number of fused-ring (bicyclic) bond motifs is 1. The molecule has 2 aliphatic rings. The lowest BCUT2D eigenvalue weighted by Crippen LogP contribution is -2.53. The molecule has 2 N–H and O–H groups in total. The van der Waals surface area contributed by atoms with Crippen LogP contribution in [0, 0.1) is 0 Å². The number of nitrogens with zero attached hydrogens (tertiary/aromatic N) is 1. The van der Waals surface area contributed by atoms with E-state index in [1.807, 2.05) is 0 Å². The van der Waals surface area contributed by atoms with Gasteiger partial charge in [-0.05, 0) is 24.6 Å². The van der Waals surface area contributed by atoms with Crippen LogP contribution < -0.4 is 5.32 Å². The van der Waals surface area contributed by atoms with Gasteiger partial charge in [0, 0.05) is 6.42 Å². The van der Waals surface area contributed by atoms with E-state index in [0.29, 0.717) is 17.8 Å². The summed E-state index contributed by atoms with van der Waals surface area (Å²) in [5.41, 5.74) is 0.324. The molecular weight excluding hydrogens is 280 g/mol. The second kappa shape index (κ2) is 4.38. The number of amides is 3. The lowest BCUT2D eigenvalue weighted by atomic mass is 10.1. The molecule has 1 aromatic rings. The number of rotatable bonds is 1. The number of thiocarbonyl (C=S) groups is 1. The van der Waals surface area contributed by atoms with Gasteiger partial charge < -0.3 is 10.4 Å². The van der Waals surface area contributed by atoms with E-state index >= 15 is 0 Å². The second-order valence-electron chi connectivity index (χ2n) is 4.68. The van der Waals surface area contributed by atoms with Crippen LogP contribution in [-0.2, 0) is 4.79 Å². The molecule has 20 heavy (non-hydrogen) atoms. The van der Waals surface area contributed by atoms with Crippen LogP contribution in [0.25, 0.3) is 0 Å². The molecule has 0 spiro atoms. The minimum atomic E-state index is -0.851. The number of carbonyl (C=O) groups is 3. The van der Waals surface area contributed by atoms with E-state index in [0.717, 1.165) is 4.90 Å². The zero-order valence-electron chi connectivity index (χ0n) is 10.3. The van der Waals surface area contributed by atoms with Crippen LogP contribution in [0.2, 0.25) is 0 Å². The monoisotopic (exact) mass is 290 g/mol. The lowest BCUT2D eigenvalue weighted by molar-refractivity contribution is -0.124. The fourth-order valence-corrected chi connectivity index (χ4v) is 2.68. The first-order valence-corrected chi connectivity index (χ1v) is 6.44. The molecule has 1 fully saturated rings. The van der Waals surface area contributed by atoms with Crippen molar-refractivity contribution in [1.82, 2.24) is 10.2 Å². The van der Waals surface area contributed by atoms with Gasteiger partial charge in [-0.25, -0.2) is 0 Å². The predicted molar refractivity (Wildman–Crippen MR) is 72.4 cm³/mol. The lowest BCUT2D eigenvalue weighted by Gasteiger charge is -2.28. The third-order valence-electron chi connectivity index (χ3n) is 3.42. The molecule has 1 atom stereocenters. The van der Waals surface area contributed by atoms with Gasteiger partial charge in [-0.3, -0.25) is 19.3 Å². The smallest absolute Gasteiger partial charge is 0.262 e. The summed E-state index contributed by atoms with van der Waals surface area (Å²) in [6.07, 6.45) is 0.770. The Hall–Kier alpha value is -2.28. The van der Waals surface area contributed by atoms with Crippen LogP contribution in [0.3, 0.4) is 0 Å². The van der Waals surface area contributed by atoms with Crippen molar-refractivity contribution in [1.29, 1.82) is 0 Å². The molecule has 102 valence electrons. The molecule has 2 aliphatic heterocycles. The number of imide groups is 1. The first-order valence-electron chi connectivity index (χ1n) is 6.03. The summed E-state index contributed by atoms with van der Waals surface area (Å²) in [5, 5.41) is 11.9. The van der Waals surface area contributed by atoms with Crippen LogP contribution in [0.4, 0.5) is 0 Å². The van der Waals surface area contributed by atoms with E-state index in [4.69, 9.17) is 12.2 Å². The van der Waals surface area contributed by atoms with Gasteiger partial charge in [-0.2, -0.15) is 0 Å². The highest BCUT2D eigenvalue weighted by Gasteiger charge is 2.44. The Balaban J connectivity index is 1.97. The molecule has 1 saturated heterocycles. The molecule has 0 aromatic heterocycles. The number of phenols is 1. The Morgan fingerprint density at radius 1 is 1.20 bits per heavy atom. The normalized spacial score (nSPS) is 22.0. The quantitative estimate of drug-likeness (QED) is 0.584. The average molecular weight is 290 g/mol. The first kappa shape index (κ1) is 12.7. The number of phenolic OH excluding ortho intramolecular Hbond substituents is 1. The molecule has 0 saturated carbocycles. The number of aromatic hydroxyl groups is 1. The summed E-state index contributed by atoms with van der Waals surface area (Å²) in [6.45, 7) is 0. The fraction of sp³-hybridized carbons (Fsp3) is 0.231. The predicted octanol–water partition coefficient (Wildman–Crippen LogP) is 0.594. The van der Waals surface area contributed by atoms with Gasteiger partial charge >= 0.3 is 0 Å². The molecule has 1 aromatic carbocycles. The number of hydrogen-bond donors (Lipinski definition) is 2. The highest BCUT2D eigenvalue weighted by molar-refractivity contribution is 7.80. The molecule has 6 nitrogen and oxygen atoms in total. The van der Waals surface area contributed by atoms with Crippen molar-refractivity contribution in [2.75, 3.05) is 0 Å². The van der Waals surface area contributed by atoms with Crippen LogP contribution in [-0.4, -0.2) is 38.8 Å². The van der Waals surface area contributed by atoms with E-state index in [1.165, 1.54) is 18.2 Å². The van der Waals surface area contributed by atoms with E-state index in [2.05, 4.69) is 5.32 Å². The SMILES string of the molecule is O=C1NC(=S)CCC1N1C(=O)c2ccc(O)cc2C1=O. The van der Waals surface area contributed by atoms with Crippen molar-refractivity contribution in [3.05, 3.63) is 29.3 Å². The Labute approximate surface area is 119 Å². The minimum absolute atomic E-state index is 0.0963. The summed E-state index contributed by atoms with van der Waals surface area (Å²) < 4.78 is 0. The van der Waals surface area contributed by atoms with Gasteiger partial charge in [0.2, 0.25) is 5.91 Å². The number of carbonyl (C=O) groups excluding carboxylic acids is 3. The van der Waals surface area contributed by atoms with Gasteiger partial charge in [0.05, 0.1) is 16.1 Å². The summed E-state index contributed by atoms with van der Waals surface area (Å²) in [7, 11) is 0. The van der Waals surface area contributed by atoms with Crippen molar-refractivity contribution in [2.24, 2.45) is 0 Å². The van der Waals surface area contributed by atoms with E-state index in [9.17, 15) is 19.5 Å². The molecule has 7 heteroatoms. The van der Waals surface area contributed by atoms with Crippen molar-refractivity contribution in [3.63, 3.8) is 0 Å². The van der Waals surface area contributed by atoms with E-state index in [1.54, 1.807) is 0 Å². The third kappa shape index (κ3) is 1.78. The Bertz CT molecular complexity index is 670. The number of hydrogen-bond acceptors (Lipinski definition) is 5. The highest BCUT2D eigenvalue weighted by atomic mass is 32.1. The summed E-state index contributed by atoms with van der Waals surface area (Å²) in [4.78, 5) is 37.8. The van der Waals surface area contributed by atoms with Crippen LogP contribution >= 0.6 is 12.2 Å². The largest absolute Gasteiger partial charge is 0.508 e. The second-order valence-corrected chi connectivity index (χ2v) is 5.17. The first-order chi connectivity index (χ1) is 9.49. The molecule has 0 bridgehead atoms. The summed E-state index contributed by atoms with van der Waals surface area (Å²) in [6, 6.07) is 3.11. The molecular formula is C13H10N2O4S. The van der Waals surface area contributed by atoms with Gasteiger partial charge in [0.1, 0.15) is 11.8 Å². The Morgan fingerprint density at radius 3 is 2.60 bits per heavy atom. The number of nitrogens with one attached hydrogen (secondary N) is 1. The zero-order chi connectivity index (χ0) is 14.4. The third-order valence-corrected chi connectivity index (χ3v) is 3.73. The molecule has 3 amide bonds.